The first-order chi connectivity index (χ1) is 6.82. The molecule has 0 bridgehead atoms. The van der Waals surface area contributed by atoms with Crippen molar-refractivity contribution in [3.8, 4) is 0 Å². The van der Waals surface area contributed by atoms with Gasteiger partial charge in [-0.2, -0.15) is 13.2 Å². The van der Waals surface area contributed by atoms with E-state index in [0.29, 0.717) is 5.56 Å². The van der Waals surface area contributed by atoms with E-state index in [1.54, 1.807) is 6.92 Å². The lowest BCUT2D eigenvalue weighted by molar-refractivity contribution is -0.141. The molecule has 0 aliphatic heterocycles. The fourth-order valence-corrected chi connectivity index (χ4v) is 1.53. The lowest BCUT2D eigenvalue weighted by atomic mass is 10.2. The van der Waals surface area contributed by atoms with Crippen LogP contribution in [-0.2, 0) is 17.0 Å². The Hall–Kier alpha value is -0.910. The Morgan fingerprint density at radius 3 is 2.33 bits per heavy atom. The second kappa shape index (κ2) is 4.30. The second-order valence-electron chi connectivity index (χ2n) is 3.12. The van der Waals surface area contributed by atoms with Crippen molar-refractivity contribution in [3.63, 3.8) is 0 Å². The quantitative estimate of drug-likeness (QED) is 0.791. The molecule has 2 nitrogen and oxygen atoms in total. The smallest absolute Gasteiger partial charge is 0.259 e. The first kappa shape index (κ1) is 12.2. The molecule has 2 atom stereocenters. The van der Waals surface area contributed by atoms with Gasteiger partial charge in [-0.15, -0.1) is 0 Å². The molecule has 1 aromatic rings. The minimum Gasteiger partial charge on any atom is -0.259 e. The Balaban J connectivity index is 2.95. The van der Waals surface area contributed by atoms with Gasteiger partial charge in [-0.1, -0.05) is 6.07 Å². The molecule has 0 aromatic carbocycles. The van der Waals surface area contributed by atoms with Crippen LogP contribution < -0.4 is 0 Å². The standard InChI is InChI=1S/C9H10F3NOS/c1-6(15(2)14)7-3-4-8(13-5-7)9(10,11)12/h3-6H,1-2H3/t6-,15?/m1/s1. The highest BCUT2D eigenvalue weighted by atomic mass is 32.2. The Morgan fingerprint density at radius 2 is 2.00 bits per heavy atom. The third kappa shape index (κ3) is 3.02. The van der Waals surface area contributed by atoms with Crippen LogP contribution in [-0.4, -0.2) is 15.4 Å². The van der Waals surface area contributed by atoms with Crippen LogP contribution in [0.1, 0.15) is 23.4 Å². The summed E-state index contributed by atoms with van der Waals surface area (Å²) in [6, 6.07) is 2.21. The molecule has 0 amide bonds. The monoisotopic (exact) mass is 237 g/mol. The van der Waals surface area contributed by atoms with Crippen molar-refractivity contribution in [1.82, 2.24) is 4.98 Å². The van der Waals surface area contributed by atoms with Gasteiger partial charge in [0.25, 0.3) is 0 Å². The summed E-state index contributed by atoms with van der Waals surface area (Å²) in [5.74, 6) is 0. The average molecular weight is 237 g/mol. The molecule has 0 aliphatic carbocycles. The van der Waals surface area contributed by atoms with Crippen molar-refractivity contribution < 1.29 is 17.4 Å². The highest BCUT2D eigenvalue weighted by molar-refractivity contribution is 7.84. The van der Waals surface area contributed by atoms with Crippen molar-refractivity contribution in [1.29, 1.82) is 0 Å². The number of pyridine rings is 1. The molecule has 1 aromatic heterocycles. The minimum atomic E-state index is -4.42. The fraction of sp³-hybridized carbons (Fsp3) is 0.444. The predicted molar refractivity (Wildman–Crippen MR) is 51.7 cm³/mol. The van der Waals surface area contributed by atoms with Crippen LogP contribution in [0.2, 0.25) is 0 Å². The summed E-state index contributed by atoms with van der Waals surface area (Å²) in [6.07, 6.45) is -1.80. The SMILES string of the molecule is C[C@H](c1ccc(C(F)(F)F)nc1)S(C)=O. The highest BCUT2D eigenvalue weighted by Crippen LogP contribution is 2.28. The summed E-state index contributed by atoms with van der Waals surface area (Å²) >= 11 is 0. The maximum absolute atomic E-state index is 12.2. The van der Waals surface area contributed by atoms with E-state index in [9.17, 15) is 17.4 Å². The summed E-state index contributed by atoms with van der Waals surface area (Å²) in [5.41, 5.74) is -0.385. The number of rotatable bonds is 2. The zero-order valence-corrected chi connectivity index (χ0v) is 9.02. The molecule has 0 N–H and O–H groups in total. The van der Waals surface area contributed by atoms with Gasteiger partial charge in [0, 0.05) is 23.3 Å². The van der Waals surface area contributed by atoms with Crippen molar-refractivity contribution in [2.45, 2.75) is 18.3 Å². The fourth-order valence-electron chi connectivity index (χ4n) is 1.01. The largest absolute Gasteiger partial charge is 0.433 e. The van der Waals surface area contributed by atoms with E-state index in [-0.39, 0.29) is 5.25 Å². The van der Waals surface area contributed by atoms with Crippen LogP contribution in [0, 0.1) is 0 Å². The summed E-state index contributed by atoms with van der Waals surface area (Å²) in [7, 11) is -1.11. The Bertz CT molecular complexity index is 361. The molecule has 0 saturated carbocycles. The van der Waals surface area contributed by atoms with Gasteiger partial charge in [0.15, 0.2) is 0 Å². The van der Waals surface area contributed by atoms with Gasteiger partial charge in [-0.25, -0.2) is 0 Å². The number of aromatic nitrogens is 1. The molecule has 0 fully saturated rings. The number of hydrogen-bond acceptors (Lipinski definition) is 2. The molecule has 15 heavy (non-hydrogen) atoms. The Kier molecular flexibility index (Phi) is 3.49. The maximum atomic E-state index is 12.2. The maximum Gasteiger partial charge on any atom is 0.433 e. The van der Waals surface area contributed by atoms with E-state index < -0.39 is 22.7 Å². The molecule has 6 heteroatoms. The third-order valence-electron chi connectivity index (χ3n) is 2.04. The van der Waals surface area contributed by atoms with Gasteiger partial charge in [-0.05, 0) is 18.6 Å². The van der Waals surface area contributed by atoms with E-state index >= 15 is 0 Å². The minimum absolute atomic E-state index is 0.306. The molecular formula is C9H10F3NOS. The summed E-state index contributed by atoms with van der Waals surface area (Å²) in [5, 5.41) is -0.306. The van der Waals surface area contributed by atoms with Gasteiger partial charge in [0.05, 0.1) is 5.25 Å². The van der Waals surface area contributed by atoms with E-state index in [2.05, 4.69) is 4.98 Å². The van der Waals surface area contributed by atoms with Crippen LogP contribution >= 0.6 is 0 Å². The first-order valence-electron chi connectivity index (χ1n) is 4.17. The van der Waals surface area contributed by atoms with Crippen molar-refractivity contribution >= 4 is 10.8 Å². The molecule has 1 unspecified atom stereocenters. The number of hydrogen-bond donors (Lipinski definition) is 0. The van der Waals surface area contributed by atoms with Crippen LogP contribution in [0.25, 0.3) is 0 Å². The van der Waals surface area contributed by atoms with E-state index in [1.165, 1.54) is 12.3 Å². The van der Waals surface area contributed by atoms with E-state index in [4.69, 9.17) is 0 Å². The first-order valence-corrected chi connectivity index (χ1v) is 5.80. The summed E-state index contributed by atoms with van der Waals surface area (Å²) in [6.45, 7) is 1.68. The zero-order valence-electron chi connectivity index (χ0n) is 8.21. The molecular weight excluding hydrogens is 227 g/mol. The Morgan fingerprint density at radius 1 is 1.40 bits per heavy atom. The Labute approximate surface area is 88.0 Å². The normalized spacial score (nSPS) is 16.1. The molecule has 1 heterocycles. The predicted octanol–water partition coefficient (Wildman–Crippen LogP) is 2.54. The lowest BCUT2D eigenvalue weighted by Gasteiger charge is -2.10. The number of nitrogens with zero attached hydrogens (tertiary/aromatic N) is 1. The van der Waals surface area contributed by atoms with Crippen LogP contribution in [0.4, 0.5) is 13.2 Å². The summed E-state index contributed by atoms with van der Waals surface area (Å²) < 4.78 is 47.6. The topological polar surface area (TPSA) is 30.0 Å². The number of halogens is 3. The number of alkyl halides is 3. The van der Waals surface area contributed by atoms with E-state index in [0.717, 1.165) is 12.3 Å². The van der Waals surface area contributed by atoms with Crippen LogP contribution in [0.15, 0.2) is 18.3 Å². The van der Waals surface area contributed by atoms with Crippen molar-refractivity contribution in [3.05, 3.63) is 29.6 Å². The average Bonchev–Trinajstić information content (AvgIpc) is 2.15. The van der Waals surface area contributed by atoms with E-state index in [1.807, 2.05) is 0 Å². The molecule has 1 rings (SSSR count). The molecule has 84 valence electrons. The molecule has 0 spiro atoms. The highest BCUT2D eigenvalue weighted by Gasteiger charge is 2.32. The molecule has 0 radical (unpaired) electrons. The van der Waals surface area contributed by atoms with Gasteiger partial charge >= 0.3 is 6.18 Å². The van der Waals surface area contributed by atoms with Gasteiger partial charge < -0.3 is 0 Å². The van der Waals surface area contributed by atoms with Crippen molar-refractivity contribution in [2.75, 3.05) is 6.26 Å². The third-order valence-corrected chi connectivity index (χ3v) is 3.31. The van der Waals surface area contributed by atoms with Crippen molar-refractivity contribution in [2.24, 2.45) is 0 Å². The second-order valence-corrected chi connectivity index (χ2v) is 4.82. The lowest BCUT2D eigenvalue weighted by Crippen LogP contribution is -2.09. The van der Waals surface area contributed by atoms with Gasteiger partial charge in [0.1, 0.15) is 5.69 Å². The van der Waals surface area contributed by atoms with Crippen LogP contribution in [0.3, 0.4) is 0 Å². The van der Waals surface area contributed by atoms with Crippen LogP contribution in [0.5, 0.6) is 0 Å². The summed E-state index contributed by atoms with van der Waals surface area (Å²) in [4.78, 5) is 3.29. The zero-order chi connectivity index (χ0) is 11.6. The molecule has 0 aliphatic rings. The van der Waals surface area contributed by atoms with Gasteiger partial charge in [0.2, 0.25) is 0 Å². The van der Waals surface area contributed by atoms with Gasteiger partial charge in [-0.3, -0.25) is 9.19 Å². The molecule has 0 saturated heterocycles.